The van der Waals surface area contributed by atoms with Crippen LogP contribution in [0.2, 0.25) is 0 Å². The number of anilines is 1. The van der Waals surface area contributed by atoms with E-state index in [1.807, 2.05) is 6.92 Å². The maximum Gasteiger partial charge on any atom is 0.194 e. The van der Waals surface area contributed by atoms with Crippen LogP contribution in [0.25, 0.3) is 0 Å². The smallest absolute Gasteiger partial charge is 0.194 e. The van der Waals surface area contributed by atoms with E-state index < -0.39 is 0 Å². The van der Waals surface area contributed by atoms with Crippen LogP contribution in [0.5, 0.6) is 0 Å². The van der Waals surface area contributed by atoms with Crippen LogP contribution < -0.4 is 5.73 Å². The lowest BCUT2D eigenvalue weighted by Gasteiger charge is -2.21. The van der Waals surface area contributed by atoms with E-state index in [9.17, 15) is 9.59 Å². The van der Waals surface area contributed by atoms with Crippen molar-refractivity contribution in [3.8, 4) is 0 Å². The van der Waals surface area contributed by atoms with Crippen molar-refractivity contribution in [3.63, 3.8) is 0 Å². The van der Waals surface area contributed by atoms with E-state index in [1.165, 1.54) is 0 Å². The number of hydrogen-bond donors (Lipinski definition) is 1. The monoisotopic (exact) mass is 251 g/mol. The Balaban J connectivity index is 2.43. The van der Waals surface area contributed by atoms with Crippen LogP contribution in [0.15, 0.2) is 30.3 Å². The number of fused-ring (bicyclic) bond motifs is 2. The first-order chi connectivity index (χ1) is 9.02. The van der Waals surface area contributed by atoms with Gasteiger partial charge in [-0.1, -0.05) is 24.3 Å². The minimum atomic E-state index is -0.113. The van der Waals surface area contributed by atoms with Crippen molar-refractivity contribution < 1.29 is 9.59 Å². The van der Waals surface area contributed by atoms with E-state index in [4.69, 9.17) is 5.73 Å². The van der Waals surface area contributed by atoms with Crippen LogP contribution in [-0.2, 0) is 0 Å². The second-order valence-corrected chi connectivity index (χ2v) is 4.86. The second-order valence-electron chi connectivity index (χ2n) is 4.86. The third-order valence-corrected chi connectivity index (χ3v) is 3.69. The molecule has 19 heavy (non-hydrogen) atoms. The predicted molar refractivity (Wildman–Crippen MR) is 73.6 cm³/mol. The molecule has 0 fully saturated rings. The Hall–Kier alpha value is -2.42. The molecule has 0 bridgehead atoms. The maximum atomic E-state index is 12.6. The topological polar surface area (TPSA) is 60.2 Å². The van der Waals surface area contributed by atoms with Crippen molar-refractivity contribution >= 4 is 17.3 Å². The molecule has 0 spiro atoms. The summed E-state index contributed by atoms with van der Waals surface area (Å²) in [7, 11) is 0. The SMILES string of the molecule is Cc1cc(N)c(C)c2c1C(=O)c1ccccc1C2=O. The van der Waals surface area contributed by atoms with Gasteiger partial charge in [-0.3, -0.25) is 9.59 Å². The van der Waals surface area contributed by atoms with Crippen molar-refractivity contribution in [1.82, 2.24) is 0 Å². The summed E-state index contributed by atoms with van der Waals surface area (Å²) in [5.41, 5.74) is 9.81. The Bertz CT molecular complexity index is 745. The standard InChI is InChI=1S/C16H13NO2/c1-8-7-12(17)9(2)14-13(8)15(18)10-5-3-4-6-11(10)16(14)19/h3-7H,17H2,1-2H3. The molecule has 0 aliphatic heterocycles. The summed E-state index contributed by atoms with van der Waals surface area (Å²) in [6, 6.07) is 8.69. The number of nitrogen functional groups attached to an aromatic ring is 1. The Kier molecular flexibility index (Phi) is 2.32. The normalized spacial score (nSPS) is 13.2. The molecule has 2 N–H and O–H groups in total. The van der Waals surface area contributed by atoms with Gasteiger partial charge in [0.15, 0.2) is 11.6 Å². The van der Waals surface area contributed by atoms with Crippen LogP contribution in [0.4, 0.5) is 5.69 Å². The van der Waals surface area contributed by atoms with E-state index in [1.54, 1.807) is 37.3 Å². The molecule has 1 aliphatic rings. The Morgan fingerprint density at radius 1 is 0.895 bits per heavy atom. The van der Waals surface area contributed by atoms with Gasteiger partial charge in [0, 0.05) is 27.9 Å². The average molecular weight is 251 g/mol. The molecular formula is C16H13NO2. The summed E-state index contributed by atoms with van der Waals surface area (Å²) in [6.07, 6.45) is 0. The summed E-state index contributed by atoms with van der Waals surface area (Å²) in [4.78, 5) is 25.1. The molecule has 0 amide bonds. The molecule has 0 saturated heterocycles. The first-order valence-corrected chi connectivity index (χ1v) is 6.10. The Morgan fingerprint density at radius 2 is 1.42 bits per heavy atom. The zero-order valence-corrected chi connectivity index (χ0v) is 10.8. The fourth-order valence-electron chi connectivity index (χ4n) is 2.67. The van der Waals surface area contributed by atoms with E-state index in [0.717, 1.165) is 5.56 Å². The molecule has 1 aliphatic carbocycles. The number of rotatable bonds is 0. The van der Waals surface area contributed by atoms with Gasteiger partial charge < -0.3 is 5.73 Å². The van der Waals surface area contributed by atoms with E-state index in [-0.39, 0.29) is 11.6 Å². The molecular weight excluding hydrogens is 238 g/mol. The fraction of sp³-hybridized carbons (Fsp3) is 0.125. The number of carbonyl (C=O) groups excluding carboxylic acids is 2. The molecule has 0 unspecified atom stereocenters. The quantitative estimate of drug-likeness (QED) is 0.625. The van der Waals surface area contributed by atoms with Crippen molar-refractivity contribution in [1.29, 1.82) is 0 Å². The fourth-order valence-corrected chi connectivity index (χ4v) is 2.67. The number of carbonyl (C=O) groups is 2. The number of ketones is 2. The van der Waals surface area contributed by atoms with Crippen LogP contribution in [0.3, 0.4) is 0 Å². The first-order valence-electron chi connectivity index (χ1n) is 6.10. The summed E-state index contributed by atoms with van der Waals surface area (Å²) in [6.45, 7) is 3.60. The highest BCUT2D eigenvalue weighted by atomic mass is 16.1. The molecule has 3 heteroatoms. The van der Waals surface area contributed by atoms with Crippen LogP contribution >= 0.6 is 0 Å². The molecule has 0 atom stereocenters. The van der Waals surface area contributed by atoms with Crippen molar-refractivity contribution in [2.45, 2.75) is 13.8 Å². The third kappa shape index (κ3) is 1.45. The average Bonchev–Trinajstić information content (AvgIpc) is 2.40. The molecule has 0 heterocycles. The zero-order chi connectivity index (χ0) is 13.7. The van der Waals surface area contributed by atoms with Crippen molar-refractivity contribution in [2.24, 2.45) is 0 Å². The Labute approximate surface area is 111 Å². The number of benzene rings is 2. The molecule has 3 nitrogen and oxygen atoms in total. The van der Waals surface area contributed by atoms with Gasteiger partial charge in [-0.25, -0.2) is 0 Å². The van der Waals surface area contributed by atoms with E-state index in [2.05, 4.69) is 0 Å². The van der Waals surface area contributed by atoms with Gasteiger partial charge in [-0.2, -0.15) is 0 Å². The van der Waals surface area contributed by atoms with Crippen molar-refractivity contribution in [3.05, 3.63) is 63.7 Å². The minimum absolute atomic E-state index is 0.0919. The van der Waals surface area contributed by atoms with Gasteiger partial charge in [0.1, 0.15) is 0 Å². The molecule has 2 aromatic rings. The van der Waals surface area contributed by atoms with Gasteiger partial charge in [-0.05, 0) is 31.0 Å². The summed E-state index contributed by atoms with van der Waals surface area (Å²) in [5.74, 6) is -0.205. The highest BCUT2D eigenvalue weighted by Crippen LogP contribution is 2.33. The van der Waals surface area contributed by atoms with Gasteiger partial charge in [0.25, 0.3) is 0 Å². The molecule has 0 radical (unpaired) electrons. The molecule has 94 valence electrons. The lowest BCUT2D eigenvalue weighted by atomic mass is 9.79. The predicted octanol–water partition coefficient (Wildman–Crippen LogP) is 2.66. The Morgan fingerprint density at radius 3 is 2.00 bits per heavy atom. The highest BCUT2D eigenvalue weighted by Gasteiger charge is 2.32. The summed E-state index contributed by atoms with van der Waals surface area (Å²) in [5, 5.41) is 0. The maximum absolute atomic E-state index is 12.6. The van der Waals surface area contributed by atoms with E-state index >= 15 is 0 Å². The largest absolute Gasteiger partial charge is 0.398 e. The second kappa shape index (κ2) is 3.79. The highest BCUT2D eigenvalue weighted by molar-refractivity contribution is 6.29. The van der Waals surface area contributed by atoms with Crippen LogP contribution in [0, 0.1) is 13.8 Å². The van der Waals surface area contributed by atoms with Crippen LogP contribution in [0.1, 0.15) is 43.0 Å². The van der Waals surface area contributed by atoms with Gasteiger partial charge >= 0.3 is 0 Å². The molecule has 3 rings (SSSR count). The lowest BCUT2D eigenvalue weighted by Crippen LogP contribution is -2.23. The lowest BCUT2D eigenvalue weighted by molar-refractivity contribution is 0.0978. The van der Waals surface area contributed by atoms with Gasteiger partial charge in [0.2, 0.25) is 0 Å². The first kappa shape index (κ1) is 11.7. The zero-order valence-electron chi connectivity index (χ0n) is 10.8. The summed E-state index contributed by atoms with van der Waals surface area (Å²) < 4.78 is 0. The van der Waals surface area contributed by atoms with E-state index in [0.29, 0.717) is 33.5 Å². The van der Waals surface area contributed by atoms with Gasteiger partial charge in [-0.15, -0.1) is 0 Å². The number of nitrogens with two attached hydrogens (primary N) is 1. The molecule has 2 aromatic carbocycles. The summed E-state index contributed by atoms with van der Waals surface area (Å²) >= 11 is 0. The van der Waals surface area contributed by atoms with Crippen LogP contribution in [-0.4, -0.2) is 11.6 Å². The molecule has 0 aromatic heterocycles. The number of aryl methyl sites for hydroxylation is 1. The minimum Gasteiger partial charge on any atom is -0.398 e. The van der Waals surface area contributed by atoms with Crippen molar-refractivity contribution in [2.75, 3.05) is 5.73 Å². The van der Waals surface area contributed by atoms with Gasteiger partial charge in [0.05, 0.1) is 0 Å². The molecule has 0 saturated carbocycles. The third-order valence-electron chi connectivity index (χ3n) is 3.69. The number of hydrogen-bond acceptors (Lipinski definition) is 3.